The van der Waals surface area contributed by atoms with Crippen LogP contribution in [-0.4, -0.2) is 34.9 Å². The number of benzene rings is 1. The Bertz CT molecular complexity index is 764. The van der Waals surface area contributed by atoms with E-state index in [1.165, 1.54) is 9.77 Å². The number of nitrogens with two attached hydrogens (primary N) is 1. The molecular weight excluding hydrogens is 396 g/mol. The lowest BCUT2D eigenvalue weighted by Crippen LogP contribution is -2.39. The Morgan fingerprint density at radius 2 is 2.16 bits per heavy atom. The molecule has 0 fully saturated rings. The van der Waals surface area contributed by atoms with Crippen LogP contribution in [0.3, 0.4) is 0 Å². The normalized spacial score (nSPS) is 14.3. The van der Waals surface area contributed by atoms with Crippen LogP contribution in [0.1, 0.15) is 12.0 Å². The first-order chi connectivity index (χ1) is 12.0. The van der Waals surface area contributed by atoms with E-state index in [0.717, 1.165) is 29.3 Å². The van der Waals surface area contributed by atoms with Crippen LogP contribution >= 0.6 is 46.5 Å². The summed E-state index contributed by atoms with van der Waals surface area (Å²) >= 11 is 11.0. The minimum absolute atomic E-state index is 0.538. The third-order valence-electron chi connectivity index (χ3n) is 4.09. The highest BCUT2D eigenvalue weighted by Crippen LogP contribution is 2.50. The van der Waals surface area contributed by atoms with Crippen LogP contribution in [0.4, 0.5) is 16.4 Å². The molecule has 1 atom stereocenters. The summed E-state index contributed by atoms with van der Waals surface area (Å²) in [5.41, 5.74) is 9.17. The van der Waals surface area contributed by atoms with Crippen molar-refractivity contribution in [3.05, 3.63) is 34.9 Å². The molecule has 1 aromatic carbocycles. The van der Waals surface area contributed by atoms with Crippen LogP contribution in [0, 0.1) is 0 Å². The molecule has 0 amide bonds. The second kappa shape index (κ2) is 8.12. The van der Waals surface area contributed by atoms with Gasteiger partial charge in [0.2, 0.25) is 0 Å². The summed E-state index contributed by atoms with van der Waals surface area (Å²) in [5.74, 6) is 0.946. The molecule has 25 heavy (non-hydrogen) atoms. The first-order valence-electron chi connectivity index (χ1n) is 7.83. The average Bonchev–Trinajstić information content (AvgIpc) is 3.13. The monoisotopic (exact) mass is 414 g/mol. The first kappa shape index (κ1) is 18.8. The van der Waals surface area contributed by atoms with E-state index in [4.69, 9.17) is 17.3 Å². The molecule has 4 nitrogen and oxygen atoms in total. The fraction of sp³-hybridized carbons (Fsp3) is 0.353. The van der Waals surface area contributed by atoms with Gasteiger partial charge in [0.25, 0.3) is 0 Å². The van der Waals surface area contributed by atoms with E-state index in [0.29, 0.717) is 16.4 Å². The van der Waals surface area contributed by atoms with Crippen molar-refractivity contribution in [3.8, 4) is 0 Å². The zero-order valence-electron chi connectivity index (χ0n) is 13.7. The summed E-state index contributed by atoms with van der Waals surface area (Å²) in [6.45, 7) is 0. The molecular formula is C17H19ClN2O2S3. The Kier molecular flexibility index (Phi) is 6.09. The van der Waals surface area contributed by atoms with E-state index in [9.17, 15) is 9.90 Å². The number of nitrogen functional groups attached to an aromatic ring is 1. The predicted octanol–water partition coefficient (Wildman–Crippen LogP) is 4.98. The second-order valence-corrected chi connectivity index (χ2v) is 9.50. The molecule has 0 spiro atoms. The number of aliphatic carboxylic acids is 1. The SMILES string of the molecule is CSCC[C@@H](C(=O)O)N(c1ccc(Cl)cc1)c1c(N)sc2c1CCS2. The quantitative estimate of drug-likeness (QED) is 0.666. The largest absolute Gasteiger partial charge is 0.480 e. The van der Waals surface area contributed by atoms with E-state index in [1.807, 2.05) is 23.3 Å². The molecule has 3 rings (SSSR count). The van der Waals surface area contributed by atoms with Gasteiger partial charge in [-0.15, -0.1) is 23.1 Å². The van der Waals surface area contributed by atoms with Gasteiger partial charge in [-0.25, -0.2) is 4.79 Å². The number of nitrogens with zero attached hydrogens (tertiary/aromatic N) is 1. The molecule has 0 saturated carbocycles. The van der Waals surface area contributed by atoms with Crippen LogP contribution in [-0.2, 0) is 11.2 Å². The van der Waals surface area contributed by atoms with Crippen LogP contribution in [0.15, 0.2) is 28.5 Å². The fourth-order valence-electron chi connectivity index (χ4n) is 2.96. The number of carboxylic acids is 1. The van der Waals surface area contributed by atoms with E-state index < -0.39 is 12.0 Å². The minimum atomic E-state index is -0.839. The molecule has 8 heteroatoms. The second-order valence-electron chi connectivity index (χ2n) is 5.66. The Balaban J connectivity index is 2.11. The lowest BCUT2D eigenvalue weighted by molar-refractivity contribution is -0.138. The molecule has 134 valence electrons. The highest BCUT2D eigenvalue weighted by Gasteiger charge is 2.33. The maximum Gasteiger partial charge on any atom is 0.326 e. The molecule has 0 radical (unpaired) electrons. The lowest BCUT2D eigenvalue weighted by atomic mass is 10.1. The summed E-state index contributed by atoms with van der Waals surface area (Å²) in [7, 11) is 0. The number of rotatable bonds is 7. The molecule has 0 bridgehead atoms. The number of anilines is 3. The summed E-state index contributed by atoms with van der Waals surface area (Å²) in [5, 5.41) is 11.2. The van der Waals surface area contributed by atoms with Crippen molar-refractivity contribution < 1.29 is 9.90 Å². The van der Waals surface area contributed by atoms with Crippen molar-refractivity contribution in [2.24, 2.45) is 0 Å². The summed E-state index contributed by atoms with van der Waals surface area (Å²) in [6, 6.07) is 6.63. The van der Waals surface area contributed by atoms with Gasteiger partial charge < -0.3 is 15.7 Å². The summed E-state index contributed by atoms with van der Waals surface area (Å²) < 4.78 is 1.21. The number of thiophene rings is 1. The zero-order chi connectivity index (χ0) is 18.0. The minimum Gasteiger partial charge on any atom is -0.480 e. The van der Waals surface area contributed by atoms with E-state index in [-0.39, 0.29) is 0 Å². The Hall–Kier alpha value is -1.02. The third kappa shape index (κ3) is 3.89. The van der Waals surface area contributed by atoms with Crippen molar-refractivity contribution in [3.63, 3.8) is 0 Å². The highest BCUT2D eigenvalue weighted by molar-refractivity contribution is 8.01. The molecule has 3 N–H and O–H groups in total. The standard InChI is InChI=1S/C17H19ClN2O2S3/c1-23-8-7-13(16(21)22)20(11-4-2-10(18)3-5-11)14-12-6-9-24-17(12)25-15(14)19/h2-5,13H,6-9,19H2,1H3,(H,21,22)/t13-/m0/s1. The van der Waals surface area contributed by atoms with E-state index in [1.54, 1.807) is 47.0 Å². The van der Waals surface area contributed by atoms with Crippen molar-refractivity contribution in [2.75, 3.05) is 28.4 Å². The third-order valence-corrected chi connectivity index (χ3v) is 7.35. The van der Waals surface area contributed by atoms with Gasteiger partial charge in [0.05, 0.1) is 9.90 Å². The fourth-order valence-corrected chi connectivity index (χ4v) is 6.01. The number of fused-ring (bicyclic) bond motifs is 1. The number of thioether (sulfide) groups is 2. The van der Waals surface area contributed by atoms with E-state index >= 15 is 0 Å². The molecule has 0 saturated heterocycles. The van der Waals surface area contributed by atoms with Crippen LogP contribution in [0.5, 0.6) is 0 Å². The maximum absolute atomic E-state index is 12.1. The van der Waals surface area contributed by atoms with Crippen LogP contribution in [0.2, 0.25) is 5.02 Å². The van der Waals surface area contributed by atoms with Crippen molar-refractivity contribution >= 4 is 68.8 Å². The zero-order valence-corrected chi connectivity index (χ0v) is 16.9. The average molecular weight is 415 g/mol. The molecule has 0 unspecified atom stereocenters. The molecule has 2 heterocycles. The summed E-state index contributed by atoms with van der Waals surface area (Å²) in [4.78, 5) is 14.0. The predicted molar refractivity (Wildman–Crippen MR) is 111 cm³/mol. The molecule has 1 aliphatic rings. The van der Waals surface area contributed by atoms with Gasteiger partial charge in [-0.3, -0.25) is 0 Å². The molecule has 2 aromatic rings. The van der Waals surface area contributed by atoms with Crippen molar-refractivity contribution in [1.29, 1.82) is 0 Å². The van der Waals surface area contributed by atoms with Gasteiger partial charge in [-0.05, 0) is 49.1 Å². The Morgan fingerprint density at radius 3 is 2.80 bits per heavy atom. The van der Waals surface area contributed by atoms with Gasteiger partial charge >= 0.3 is 5.97 Å². The molecule has 1 aliphatic heterocycles. The van der Waals surface area contributed by atoms with Gasteiger partial charge in [0, 0.05) is 22.0 Å². The van der Waals surface area contributed by atoms with Gasteiger partial charge in [-0.2, -0.15) is 11.8 Å². The number of hydrogen-bond acceptors (Lipinski definition) is 6. The van der Waals surface area contributed by atoms with Gasteiger partial charge in [0.1, 0.15) is 11.0 Å². The van der Waals surface area contributed by atoms with Crippen molar-refractivity contribution in [1.82, 2.24) is 0 Å². The van der Waals surface area contributed by atoms with E-state index in [2.05, 4.69) is 0 Å². The highest BCUT2D eigenvalue weighted by atomic mass is 35.5. The lowest BCUT2D eigenvalue weighted by Gasteiger charge is -2.32. The number of carboxylic acid groups (broad SMARTS) is 1. The Labute approximate surface area is 164 Å². The van der Waals surface area contributed by atoms with Gasteiger partial charge in [-0.1, -0.05) is 11.6 Å². The topological polar surface area (TPSA) is 66.6 Å². The van der Waals surface area contributed by atoms with Crippen LogP contribution in [0.25, 0.3) is 0 Å². The van der Waals surface area contributed by atoms with Gasteiger partial charge in [0.15, 0.2) is 0 Å². The van der Waals surface area contributed by atoms with Crippen LogP contribution < -0.4 is 10.6 Å². The number of hydrogen-bond donors (Lipinski definition) is 2. The first-order valence-corrected chi connectivity index (χ1v) is 11.4. The maximum atomic E-state index is 12.1. The molecule has 0 aliphatic carbocycles. The van der Waals surface area contributed by atoms with Crippen molar-refractivity contribution in [2.45, 2.75) is 23.1 Å². The number of carbonyl (C=O) groups is 1. The smallest absolute Gasteiger partial charge is 0.326 e. The summed E-state index contributed by atoms with van der Waals surface area (Å²) in [6.07, 6.45) is 3.44. The Morgan fingerprint density at radius 1 is 1.44 bits per heavy atom. The molecule has 1 aromatic heterocycles. The number of halogens is 1.